The molecule has 0 aliphatic heterocycles. The summed E-state index contributed by atoms with van der Waals surface area (Å²) in [7, 11) is 0. The molecule has 0 saturated heterocycles. The zero-order valence-electron chi connectivity index (χ0n) is 19.7. The Bertz CT molecular complexity index is 1390. The van der Waals surface area contributed by atoms with Gasteiger partial charge in [0.15, 0.2) is 0 Å². The molecule has 35 heavy (non-hydrogen) atoms. The lowest BCUT2D eigenvalue weighted by Crippen LogP contribution is -2.23. The number of hydrogen-bond donors (Lipinski definition) is 2. The summed E-state index contributed by atoms with van der Waals surface area (Å²) in [6, 6.07) is 26.0. The van der Waals surface area contributed by atoms with Crippen LogP contribution < -0.4 is 10.9 Å². The van der Waals surface area contributed by atoms with Crippen molar-refractivity contribution < 1.29 is 4.79 Å². The molecular formula is C30H29N3O2. The van der Waals surface area contributed by atoms with E-state index in [-0.39, 0.29) is 11.5 Å². The van der Waals surface area contributed by atoms with Crippen LogP contribution in [0.2, 0.25) is 0 Å². The molecular weight excluding hydrogens is 434 g/mol. The van der Waals surface area contributed by atoms with Crippen LogP contribution in [0.1, 0.15) is 56.7 Å². The van der Waals surface area contributed by atoms with Crippen LogP contribution in [0.25, 0.3) is 0 Å². The Hall–Kier alpha value is -3.99. The van der Waals surface area contributed by atoms with Crippen LogP contribution in [0.15, 0.2) is 83.7 Å². The summed E-state index contributed by atoms with van der Waals surface area (Å²) in [5.41, 5.74) is 7.65. The average Bonchev–Trinajstić information content (AvgIpc) is 2.90. The SMILES string of the molecule is O=C(Nc1cccc(Cc2n[nH]c(=O)c3c2CCCC3)c1)c1ccccc1CCc1ccccc1. The Labute approximate surface area is 205 Å². The Morgan fingerprint density at radius 1 is 0.829 bits per heavy atom. The number of fused-ring (bicyclic) bond motifs is 1. The number of aromatic nitrogens is 2. The fourth-order valence-corrected chi connectivity index (χ4v) is 4.91. The van der Waals surface area contributed by atoms with E-state index in [1.165, 1.54) is 5.56 Å². The summed E-state index contributed by atoms with van der Waals surface area (Å²) < 4.78 is 0. The smallest absolute Gasteiger partial charge is 0.267 e. The Balaban J connectivity index is 1.31. The van der Waals surface area contributed by atoms with Gasteiger partial charge in [-0.2, -0.15) is 5.10 Å². The Morgan fingerprint density at radius 2 is 1.57 bits per heavy atom. The van der Waals surface area contributed by atoms with Crippen LogP contribution in [0.5, 0.6) is 0 Å². The van der Waals surface area contributed by atoms with Gasteiger partial charge in [0.2, 0.25) is 0 Å². The molecule has 5 nitrogen and oxygen atoms in total. The number of nitrogens with one attached hydrogen (secondary N) is 2. The van der Waals surface area contributed by atoms with E-state index in [0.717, 1.165) is 72.2 Å². The molecule has 0 atom stereocenters. The lowest BCUT2D eigenvalue weighted by Gasteiger charge is -2.17. The summed E-state index contributed by atoms with van der Waals surface area (Å²) in [4.78, 5) is 25.3. The molecule has 4 aromatic rings. The molecule has 3 aromatic carbocycles. The van der Waals surface area contributed by atoms with Crippen molar-refractivity contribution in [1.29, 1.82) is 0 Å². The first-order valence-electron chi connectivity index (χ1n) is 12.3. The number of H-pyrrole nitrogens is 1. The number of aromatic amines is 1. The van der Waals surface area contributed by atoms with Gasteiger partial charge < -0.3 is 5.32 Å². The van der Waals surface area contributed by atoms with Crippen molar-refractivity contribution in [3.63, 3.8) is 0 Å². The molecule has 2 N–H and O–H groups in total. The number of anilines is 1. The first kappa shape index (κ1) is 22.8. The summed E-state index contributed by atoms with van der Waals surface area (Å²) in [5.74, 6) is -0.106. The fourth-order valence-electron chi connectivity index (χ4n) is 4.91. The number of hydrogen-bond acceptors (Lipinski definition) is 3. The molecule has 1 aromatic heterocycles. The molecule has 5 heteroatoms. The fraction of sp³-hybridized carbons (Fsp3) is 0.233. The number of nitrogens with zero attached hydrogens (tertiary/aromatic N) is 1. The molecule has 176 valence electrons. The average molecular weight is 464 g/mol. The van der Waals surface area contributed by atoms with Gasteiger partial charge in [-0.1, -0.05) is 60.7 Å². The maximum absolute atomic E-state index is 13.2. The van der Waals surface area contributed by atoms with E-state index in [9.17, 15) is 9.59 Å². The van der Waals surface area contributed by atoms with E-state index in [1.807, 2.05) is 66.7 Å². The topological polar surface area (TPSA) is 74.8 Å². The summed E-state index contributed by atoms with van der Waals surface area (Å²) >= 11 is 0. The highest BCUT2D eigenvalue weighted by molar-refractivity contribution is 6.05. The second-order valence-electron chi connectivity index (χ2n) is 9.14. The van der Waals surface area contributed by atoms with Crippen molar-refractivity contribution in [2.75, 3.05) is 5.32 Å². The first-order valence-corrected chi connectivity index (χ1v) is 12.3. The molecule has 1 amide bonds. The normalized spacial score (nSPS) is 12.7. The van der Waals surface area contributed by atoms with Gasteiger partial charge in [-0.15, -0.1) is 0 Å². The molecule has 5 rings (SSSR count). The van der Waals surface area contributed by atoms with E-state index in [2.05, 4.69) is 27.6 Å². The maximum Gasteiger partial charge on any atom is 0.267 e. The Morgan fingerprint density at radius 3 is 2.43 bits per heavy atom. The molecule has 0 fully saturated rings. The predicted octanol–water partition coefficient (Wildman–Crippen LogP) is 5.28. The van der Waals surface area contributed by atoms with E-state index >= 15 is 0 Å². The van der Waals surface area contributed by atoms with E-state index in [1.54, 1.807) is 0 Å². The lowest BCUT2D eigenvalue weighted by molar-refractivity contribution is 0.102. The third-order valence-corrected chi connectivity index (χ3v) is 6.73. The van der Waals surface area contributed by atoms with Gasteiger partial charge in [0.25, 0.3) is 11.5 Å². The summed E-state index contributed by atoms with van der Waals surface area (Å²) in [5, 5.41) is 10.1. The monoisotopic (exact) mass is 463 g/mol. The maximum atomic E-state index is 13.2. The quantitative estimate of drug-likeness (QED) is 0.392. The highest BCUT2D eigenvalue weighted by atomic mass is 16.1. The third-order valence-electron chi connectivity index (χ3n) is 6.73. The zero-order chi connectivity index (χ0) is 24.0. The minimum atomic E-state index is -0.106. The molecule has 1 aliphatic carbocycles. The summed E-state index contributed by atoms with van der Waals surface area (Å²) in [6.07, 6.45) is 6.17. The van der Waals surface area contributed by atoms with E-state index in [4.69, 9.17) is 0 Å². The van der Waals surface area contributed by atoms with Gasteiger partial charge in [-0.05, 0) is 79.0 Å². The number of amides is 1. The number of carbonyl (C=O) groups excluding carboxylic acids is 1. The van der Waals surface area contributed by atoms with Gasteiger partial charge in [0, 0.05) is 23.2 Å². The third kappa shape index (κ3) is 5.40. The number of rotatable bonds is 7. The summed E-state index contributed by atoms with van der Waals surface area (Å²) in [6.45, 7) is 0. The van der Waals surface area contributed by atoms with Crippen LogP contribution in [0.3, 0.4) is 0 Å². The molecule has 1 aliphatic rings. The highest BCUT2D eigenvalue weighted by Crippen LogP contribution is 2.23. The minimum absolute atomic E-state index is 0.0598. The molecule has 0 bridgehead atoms. The highest BCUT2D eigenvalue weighted by Gasteiger charge is 2.18. The van der Waals surface area contributed by atoms with Crippen molar-refractivity contribution >= 4 is 11.6 Å². The molecule has 0 radical (unpaired) electrons. The number of benzene rings is 3. The largest absolute Gasteiger partial charge is 0.322 e. The second-order valence-corrected chi connectivity index (χ2v) is 9.14. The van der Waals surface area contributed by atoms with E-state index in [0.29, 0.717) is 12.0 Å². The van der Waals surface area contributed by atoms with Gasteiger partial charge in [0.1, 0.15) is 0 Å². The first-order chi connectivity index (χ1) is 17.2. The van der Waals surface area contributed by atoms with Crippen molar-refractivity contribution in [3.05, 3.63) is 128 Å². The van der Waals surface area contributed by atoms with Gasteiger partial charge in [-0.25, -0.2) is 5.10 Å². The van der Waals surface area contributed by atoms with E-state index < -0.39 is 0 Å². The van der Waals surface area contributed by atoms with Gasteiger partial charge in [0.05, 0.1) is 5.69 Å². The molecule has 1 heterocycles. The van der Waals surface area contributed by atoms with Crippen LogP contribution in [-0.4, -0.2) is 16.1 Å². The van der Waals surface area contributed by atoms with Crippen molar-refractivity contribution in [1.82, 2.24) is 10.2 Å². The van der Waals surface area contributed by atoms with Crippen LogP contribution >= 0.6 is 0 Å². The predicted molar refractivity (Wildman–Crippen MR) is 139 cm³/mol. The van der Waals surface area contributed by atoms with Crippen LogP contribution in [0.4, 0.5) is 5.69 Å². The minimum Gasteiger partial charge on any atom is -0.322 e. The Kier molecular flexibility index (Phi) is 6.85. The number of aryl methyl sites for hydroxylation is 2. The van der Waals surface area contributed by atoms with Crippen LogP contribution in [0, 0.1) is 0 Å². The molecule has 0 saturated carbocycles. The van der Waals surface area contributed by atoms with Crippen molar-refractivity contribution in [2.45, 2.75) is 44.9 Å². The second kappa shape index (κ2) is 10.5. The van der Waals surface area contributed by atoms with Gasteiger partial charge >= 0.3 is 0 Å². The zero-order valence-corrected chi connectivity index (χ0v) is 19.7. The number of carbonyl (C=O) groups is 1. The van der Waals surface area contributed by atoms with Crippen molar-refractivity contribution in [3.8, 4) is 0 Å². The molecule has 0 unspecified atom stereocenters. The standard InChI is InChI=1S/C30H29N3O2/c34-29(25-14-5-4-12-23(25)18-17-21-9-2-1-3-10-21)31-24-13-8-11-22(19-24)20-28-26-15-6-7-16-27(26)30(35)33-32-28/h1-5,8-14,19H,6-7,15-18,20H2,(H,31,34)(H,33,35). The van der Waals surface area contributed by atoms with Crippen LogP contribution in [-0.2, 0) is 32.1 Å². The molecule has 0 spiro atoms. The van der Waals surface area contributed by atoms with Gasteiger partial charge in [-0.3, -0.25) is 9.59 Å². The van der Waals surface area contributed by atoms with Crippen molar-refractivity contribution in [2.24, 2.45) is 0 Å². The lowest BCUT2D eigenvalue weighted by atomic mass is 9.90.